The third kappa shape index (κ3) is 5.90. The van der Waals surface area contributed by atoms with E-state index in [4.69, 9.17) is 27.9 Å². The highest BCUT2D eigenvalue weighted by molar-refractivity contribution is 6.42. The van der Waals surface area contributed by atoms with Gasteiger partial charge in [0.05, 0.1) is 28.3 Å². The quantitative estimate of drug-likeness (QED) is 0.435. The zero-order valence-corrected chi connectivity index (χ0v) is 21.0. The molecular formula is C24H32Cl2N4O3. The predicted octanol–water partition coefficient (Wildman–Crippen LogP) is 4.09. The maximum absolute atomic E-state index is 13.2. The summed E-state index contributed by atoms with van der Waals surface area (Å²) in [6.07, 6.45) is 3.70. The normalized spacial score (nSPS) is 20.2. The van der Waals surface area contributed by atoms with Crippen LogP contribution in [0.15, 0.2) is 42.1 Å². The van der Waals surface area contributed by atoms with E-state index in [9.17, 15) is 9.59 Å². The van der Waals surface area contributed by atoms with Gasteiger partial charge in [-0.15, -0.1) is 6.58 Å². The first kappa shape index (κ1) is 25.6. The molecule has 0 aromatic heterocycles. The third-order valence-electron chi connectivity index (χ3n) is 6.23. The molecule has 1 aromatic carbocycles. The minimum Gasteiger partial charge on any atom is -0.463 e. The number of piperidine rings is 1. The molecule has 2 aliphatic heterocycles. The van der Waals surface area contributed by atoms with Crippen LogP contribution in [0.3, 0.4) is 0 Å². The van der Waals surface area contributed by atoms with Crippen molar-refractivity contribution in [3.63, 3.8) is 0 Å². The van der Waals surface area contributed by atoms with Gasteiger partial charge in [0, 0.05) is 24.8 Å². The smallest absolute Gasteiger partial charge is 0.338 e. The molecule has 2 heterocycles. The number of hydrogen-bond donors (Lipinski definition) is 1. The number of benzene rings is 1. The van der Waals surface area contributed by atoms with Crippen molar-refractivity contribution < 1.29 is 14.3 Å². The largest absolute Gasteiger partial charge is 0.463 e. The lowest BCUT2D eigenvalue weighted by Gasteiger charge is -2.40. The van der Waals surface area contributed by atoms with Gasteiger partial charge in [0.2, 0.25) is 0 Å². The number of esters is 1. The van der Waals surface area contributed by atoms with Gasteiger partial charge in [-0.1, -0.05) is 35.3 Å². The Balaban J connectivity index is 2.07. The predicted molar refractivity (Wildman–Crippen MR) is 131 cm³/mol. The summed E-state index contributed by atoms with van der Waals surface area (Å²) in [5.74, 6) is -0.464. The van der Waals surface area contributed by atoms with E-state index < -0.39 is 12.0 Å². The fraction of sp³-hybridized carbons (Fsp3) is 0.500. The molecule has 1 aromatic rings. The van der Waals surface area contributed by atoms with Gasteiger partial charge in [0.1, 0.15) is 0 Å². The summed E-state index contributed by atoms with van der Waals surface area (Å²) in [7, 11) is 4.16. The Labute approximate surface area is 205 Å². The summed E-state index contributed by atoms with van der Waals surface area (Å²) < 4.78 is 5.44. The number of nitrogens with zero attached hydrogens (tertiary/aromatic N) is 3. The first-order valence-electron chi connectivity index (χ1n) is 11.2. The number of likely N-dealkylation sites (tertiary alicyclic amines) is 1. The molecule has 0 aliphatic carbocycles. The zero-order chi connectivity index (χ0) is 24.1. The van der Waals surface area contributed by atoms with Gasteiger partial charge in [0.15, 0.2) is 0 Å². The highest BCUT2D eigenvalue weighted by Crippen LogP contribution is 2.35. The number of carbonyl (C=O) groups excluding carboxylic acids is 2. The molecule has 1 fully saturated rings. The lowest BCUT2D eigenvalue weighted by atomic mass is 9.93. The number of halogens is 2. The number of hydrogen-bond acceptors (Lipinski definition) is 5. The Morgan fingerprint density at radius 2 is 2.00 bits per heavy atom. The molecule has 0 radical (unpaired) electrons. The van der Waals surface area contributed by atoms with Crippen molar-refractivity contribution in [1.82, 2.24) is 20.0 Å². The summed E-state index contributed by atoms with van der Waals surface area (Å²) in [6.45, 7) is 8.52. The molecule has 2 amide bonds. The molecule has 33 heavy (non-hydrogen) atoms. The van der Waals surface area contributed by atoms with E-state index in [1.807, 2.05) is 7.05 Å². The van der Waals surface area contributed by atoms with E-state index in [0.717, 1.165) is 25.9 Å². The van der Waals surface area contributed by atoms with Crippen LogP contribution in [0.2, 0.25) is 10.0 Å². The van der Waals surface area contributed by atoms with Crippen LogP contribution in [-0.4, -0.2) is 79.6 Å². The highest BCUT2D eigenvalue weighted by atomic mass is 35.5. The number of urea groups is 1. The second-order valence-electron chi connectivity index (χ2n) is 8.49. The number of amides is 2. The molecule has 1 unspecified atom stereocenters. The number of ether oxygens (including phenoxy) is 1. The van der Waals surface area contributed by atoms with E-state index in [1.165, 1.54) is 0 Å². The van der Waals surface area contributed by atoms with Crippen LogP contribution in [0.5, 0.6) is 0 Å². The van der Waals surface area contributed by atoms with Crippen molar-refractivity contribution in [2.75, 3.05) is 46.9 Å². The van der Waals surface area contributed by atoms with E-state index >= 15 is 0 Å². The zero-order valence-electron chi connectivity index (χ0n) is 19.4. The number of likely N-dealkylation sites (N-methyl/N-ethyl adjacent to an activating group) is 1. The van der Waals surface area contributed by atoms with Crippen LogP contribution in [-0.2, 0) is 9.53 Å². The van der Waals surface area contributed by atoms with Crippen molar-refractivity contribution in [3.05, 3.63) is 57.7 Å². The number of nitrogens with one attached hydrogen (secondary N) is 1. The first-order chi connectivity index (χ1) is 15.8. The molecule has 7 nitrogen and oxygen atoms in total. The molecule has 180 valence electrons. The lowest BCUT2D eigenvalue weighted by molar-refractivity contribution is -0.139. The molecule has 3 rings (SSSR count). The van der Waals surface area contributed by atoms with E-state index in [2.05, 4.69) is 28.7 Å². The maximum atomic E-state index is 13.2. The number of carbonyl (C=O) groups is 2. The summed E-state index contributed by atoms with van der Waals surface area (Å²) in [5.41, 5.74) is 1.68. The third-order valence-corrected chi connectivity index (χ3v) is 6.97. The van der Waals surface area contributed by atoms with Gasteiger partial charge in [-0.25, -0.2) is 9.59 Å². The summed E-state index contributed by atoms with van der Waals surface area (Å²) in [6, 6.07) is 4.46. The SMILES string of the molecule is C=CCN1C(=O)NC(c2ccc(Cl)c(Cl)c2)C(C(=O)OCC)=C1CN(C)C1CCN(C)CC1. The fourth-order valence-electron chi connectivity index (χ4n) is 4.39. The minimum absolute atomic E-state index is 0.226. The molecule has 9 heteroatoms. The minimum atomic E-state index is -0.701. The Kier molecular flexibility index (Phi) is 8.82. The van der Waals surface area contributed by atoms with Gasteiger partial charge < -0.3 is 15.0 Å². The van der Waals surface area contributed by atoms with E-state index in [1.54, 1.807) is 36.1 Å². The van der Waals surface area contributed by atoms with Crippen LogP contribution >= 0.6 is 23.2 Å². The Morgan fingerprint density at radius 3 is 2.61 bits per heavy atom. The summed E-state index contributed by atoms with van der Waals surface area (Å²) >= 11 is 12.4. The maximum Gasteiger partial charge on any atom is 0.338 e. The Morgan fingerprint density at radius 1 is 1.30 bits per heavy atom. The monoisotopic (exact) mass is 494 g/mol. The standard InChI is InChI=1S/C24H32Cl2N4O3/c1-5-11-30-20(15-29(4)17-9-12-28(3)13-10-17)21(23(31)33-6-2)22(27-24(30)32)16-7-8-18(25)19(26)14-16/h5,7-8,14,17,22H,1,6,9-13,15H2,2-4H3,(H,27,32). The van der Waals surface area contributed by atoms with Crippen molar-refractivity contribution in [1.29, 1.82) is 0 Å². The second kappa shape index (κ2) is 11.4. The van der Waals surface area contributed by atoms with Crippen molar-refractivity contribution in [2.24, 2.45) is 0 Å². The molecule has 0 spiro atoms. The van der Waals surface area contributed by atoms with Crippen molar-refractivity contribution >= 4 is 35.2 Å². The van der Waals surface area contributed by atoms with Crippen LogP contribution in [0.1, 0.15) is 31.4 Å². The summed E-state index contributed by atoms with van der Waals surface area (Å²) in [5, 5.41) is 3.70. The Hall–Kier alpha value is -2.06. The molecular weight excluding hydrogens is 463 g/mol. The van der Waals surface area contributed by atoms with Gasteiger partial charge >= 0.3 is 12.0 Å². The van der Waals surface area contributed by atoms with Crippen molar-refractivity contribution in [3.8, 4) is 0 Å². The van der Waals surface area contributed by atoms with Gasteiger partial charge in [-0.2, -0.15) is 0 Å². The Bertz CT molecular complexity index is 928. The highest BCUT2D eigenvalue weighted by Gasteiger charge is 2.39. The molecule has 1 N–H and O–H groups in total. The number of rotatable bonds is 8. The molecule has 2 aliphatic rings. The molecule has 0 saturated carbocycles. The van der Waals surface area contributed by atoms with E-state index in [0.29, 0.717) is 39.5 Å². The molecule has 0 bridgehead atoms. The van der Waals surface area contributed by atoms with Gasteiger partial charge in [-0.3, -0.25) is 9.80 Å². The summed E-state index contributed by atoms with van der Waals surface area (Å²) in [4.78, 5) is 32.5. The molecule has 1 saturated heterocycles. The fourth-order valence-corrected chi connectivity index (χ4v) is 4.69. The lowest BCUT2D eigenvalue weighted by Crippen LogP contribution is -2.52. The van der Waals surface area contributed by atoms with Gasteiger partial charge in [-0.05, 0) is 64.6 Å². The van der Waals surface area contributed by atoms with E-state index in [-0.39, 0.29) is 19.2 Å². The van der Waals surface area contributed by atoms with Crippen LogP contribution < -0.4 is 5.32 Å². The first-order valence-corrected chi connectivity index (χ1v) is 11.9. The van der Waals surface area contributed by atoms with Gasteiger partial charge in [0.25, 0.3) is 0 Å². The average molecular weight is 495 g/mol. The van der Waals surface area contributed by atoms with Crippen LogP contribution in [0.4, 0.5) is 4.79 Å². The second-order valence-corrected chi connectivity index (χ2v) is 9.30. The average Bonchev–Trinajstić information content (AvgIpc) is 2.78. The van der Waals surface area contributed by atoms with Crippen LogP contribution in [0.25, 0.3) is 0 Å². The topological polar surface area (TPSA) is 65.1 Å². The van der Waals surface area contributed by atoms with Crippen LogP contribution in [0, 0.1) is 0 Å². The molecule has 1 atom stereocenters. The van der Waals surface area contributed by atoms with Crippen molar-refractivity contribution in [2.45, 2.75) is 31.8 Å².